The number of nitrogens with zero attached hydrogens (tertiary/aromatic N) is 2. The van der Waals surface area contributed by atoms with Gasteiger partial charge in [0, 0.05) is 45.0 Å². The minimum absolute atomic E-state index is 0.0573. The van der Waals surface area contributed by atoms with Crippen LogP contribution in [0, 0.1) is 0 Å². The van der Waals surface area contributed by atoms with Gasteiger partial charge in [0.1, 0.15) is 11.9 Å². The molecule has 1 aliphatic heterocycles. The van der Waals surface area contributed by atoms with E-state index in [4.69, 9.17) is 10.5 Å². The molecule has 1 heterocycles. The van der Waals surface area contributed by atoms with Gasteiger partial charge in [-0.15, -0.1) is 0 Å². The maximum Gasteiger partial charge on any atom is 0.119 e. The van der Waals surface area contributed by atoms with E-state index in [0.29, 0.717) is 6.54 Å². The quantitative estimate of drug-likeness (QED) is 0.887. The van der Waals surface area contributed by atoms with Gasteiger partial charge in [0.05, 0.1) is 0 Å². The maximum atomic E-state index is 5.73. The molecule has 0 amide bonds. The number of hydrogen-bond acceptors (Lipinski definition) is 4. The third-order valence-electron chi connectivity index (χ3n) is 4.49. The van der Waals surface area contributed by atoms with Crippen molar-refractivity contribution in [3.05, 3.63) is 60.2 Å². The van der Waals surface area contributed by atoms with E-state index in [1.807, 2.05) is 19.1 Å². The molecule has 0 unspecified atom stereocenters. The van der Waals surface area contributed by atoms with Crippen LogP contribution in [0.15, 0.2) is 54.6 Å². The summed E-state index contributed by atoms with van der Waals surface area (Å²) in [5, 5.41) is 0. The van der Waals surface area contributed by atoms with Crippen LogP contribution in [0.3, 0.4) is 0 Å². The van der Waals surface area contributed by atoms with E-state index in [-0.39, 0.29) is 6.10 Å². The predicted octanol–water partition coefficient (Wildman–Crippen LogP) is 2.73. The standard InChI is InChI=1S/C20H27N3O/c1-17(15-21)24-20-9-7-18(8-10-20)16-22-11-13-23(14-12-22)19-5-3-2-4-6-19/h2-10,17H,11-16,21H2,1H3/t17-/m0/s1. The van der Waals surface area contributed by atoms with E-state index in [2.05, 4.69) is 52.3 Å². The Morgan fingerprint density at radius 3 is 2.25 bits per heavy atom. The van der Waals surface area contributed by atoms with Gasteiger partial charge in [-0.3, -0.25) is 4.90 Å². The molecule has 0 aliphatic carbocycles. The molecule has 1 saturated heterocycles. The van der Waals surface area contributed by atoms with Crippen molar-refractivity contribution in [3.63, 3.8) is 0 Å². The first kappa shape index (κ1) is 16.8. The van der Waals surface area contributed by atoms with E-state index in [1.54, 1.807) is 0 Å². The van der Waals surface area contributed by atoms with E-state index in [9.17, 15) is 0 Å². The van der Waals surface area contributed by atoms with Gasteiger partial charge in [0.25, 0.3) is 0 Å². The second-order valence-corrected chi connectivity index (χ2v) is 6.41. The first-order chi connectivity index (χ1) is 11.7. The van der Waals surface area contributed by atoms with Crippen LogP contribution in [0.1, 0.15) is 12.5 Å². The van der Waals surface area contributed by atoms with Crippen molar-refractivity contribution in [1.29, 1.82) is 0 Å². The van der Waals surface area contributed by atoms with Gasteiger partial charge in [-0.05, 0) is 36.8 Å². The van der Waals surface area contributed by atoms with Crippen LogP contribution in [-0.4, -0.2) is 43.7 Å². The Morgan fingerprint density at radius 1 is 0.958 bits per heavy atom. The molecule has 2 N–H and O–H groups in total. The number of hydrogen-bond donors (Lipinski definition) is 1. The molecule has 0 bridgehead atoms. The molecule has 1 atom stereocenters. The molecule has 0 spiro atoms. The van der Waals surface area contributed by atoms with Crippen LogP contribution in [0.4, 0.5) is 5.69 Å². The van der Waals surface area contributed by atoms with E-state index < -0.39 is 0 Å². The Balaban J connectivity index is 1.49. The topological polar surface area (TPSA) is 41.7 Å². The summed E-state index contributed by atoms with van der Waals surface area (Å²) < 4.78 is 5.73. The molecule has 1 fully saturated rings. The minimum Gasteiger partial charge on any atom is -0.489 e. The van der Waals surface area contributed by atoms with Crippen molar-refractivity contribution >= 4 is 5.69 Å². The molecule has 4 nitrogen and oxygen atoms in total. The third-order valence-corrected chi connectivity index (χ3v) is 4.49. The molecule has 24 heavy (non-hydrogen) atoms. The first-order valence-corrected chi connectivity index (χ1v) is 8.72. The zero-order valence-electron chi connectivity index (χ0n) is 14.4. The summed E-state index contributed by atoms with van der Waals surface area (Å²) in [6.07, 6.45) is 0.0573. The summed E-state index contributed by atoms with van der Waals surface area (Å²) in [4.78, 5) is 4.97. The fourth-order valence-corrected chi connectivity index (χ4v) is 3.02. The highest BCUT2D eigenvalue weighted by atomic mass is 16.5. The van der Waals surface area contributed by atoms with Crippen LogP contribution in [0.2, 0.25) is 0 Å². The summed E-state index contributed by atoms with van der Waals surface area (Å²) >= 11 is 0. The van der Waals surface area contributed by atoms with Crippen LogP contribution in [0.25, 0.3) is 0 Å². The largest absolute Gasteiger partial charge is 0.489 e. The van der Waals surface area contributed by atoms with Crippen molar-refractivity contribution in [2.45, 2.75) is 19.6 Å². The predicted molar refractivity (Wildman–Crippen MR) is 99.5 cm³/mol. The summed E-state index contributed by atoms with van der Waals surface area (Å²) in [5.41, 5.74) is 8.25. The fraction of sp³-hybridized carbons (Fsp3) is 0.400. The number of piperazine rings is 1. The van der Waals surface area contributed by atoms with Crippen molar-refractivity contribution in [3.8, 4) is 5.75 Å². The lowest BCUT2D eigenvalue weighted by Gasteiger charge is -2.36. The molecule has 3 rings (SSSR count). The van der Waals surface area contributed by atoms with Gasteiger partial charge >= 0.3 is 0 Å². The summed E-state index contributed by atoms with van der Waals surface area (Å²) in [5.74, 6) is 0.894. The average molecular weight is 325 g/mol. The Hall–Kier alpha value is -2.04. The molecular formula is C20H27N3O. The van der Waals surface area contributed by atoms with Gasteiger partial charge in [-0.2, -0.15) is 0 Å². The van der Waals surface area contributed by atoms with Crippen molar-refractivity contribution < 1.29 is 4.74 Å². The second-order valence-electron chi connectivity index (χ2n) is 6.41. The molecule has 1 aliphatic rings. The van der Waals surface area contributed by atoms with Crippen LogP contribution >= 0.6 is 0 Å². The monoisotopic (exact) mass is 325 g/mol. The lowest BCUT2D eigenvalue weighted by Crippen LogP contribution is -2.45. The molecule has 4 heteroatoms. The van der Waals surface area contributed by atoms with Gasteiger partial charge in [0.2, 0.25) is 0 Å². The van der Waals surface area contributed by atoms with Crippen LogP contribution in [0.5, 0.6) is 5.75 Å². The van der Waals surface area contributed by atoms with Crippen LogP contribution < -0.4 is 15.4 Å². The van der Waals surface area contributed by atoms with E-state index in [0.717, 1.165) is 38.5 Å². The Kier molecular flexibility index (Phi) is 5.72. The highest BCUT2D eigenvalue weighted by Gasteiger charge is 2.17. The maximum absolute atomic E-state index is 5.73. The number of benzene rings is 2. The zero-order chi connectivity index (χ0) is 16.8. The molecule has 0 radical (unpaired) electrons. The van der Waals surface area contributed by atoms with Crippen molar-refractivity contribution in [2.75, 3.05) is 37.6 Å². The Bertz CT molecular complexity index is 607. The zero-order valence-corrected chi connectivity index (χ0v) is 14.4. The Labute approximate surface area is 144 Å². The highest BCUT2D eigenvalue weighted by molar-refractivity contribution is 5.46. The average Bonchev–Trinajstić information content (AvgIpc) is 2.64. The minimum atomic E-state index is 0.0573. The van der Waals surface area contributed by atoms with Crippen molar-refractivity contribution in [1.82, 2.24) is 4.90 Å². The SMILES string of the molecule is C[C@@H](CN)Oc1ccc(CN2CCN(c3ccccc3)CC2)cc1. The highest BCUT2D eigenvalue weighted by Crippen LogP contribution is 2.18. The summed E-state index contributed by atoms with van der Waals surface area (Å²) in [7, 11) is 0. The molecule has 0 aromatic heterocycles. The van der Waals surface area contributed by atoms with E-state index >= 15 is 0 Å². The summed E-state index contributed by atoms with van der Waals surface area (Å²) in [6, 6.07) is 19.1. The van der Waals surface area contributed by atoms with Gasteiger partial charge < -0.3 is 15.4 Å². The molecule has 0 saturated carbocycles. The number of anilines is 1. The smallest absolute Gasteiger partial charge is 0.119 e. The number of ether oxygens (including phenoxy) is 1. The van der Waals surface area contributed by atoms with Gasteiger partial charge in [-0.25, -0.2) is 0 Å². The second kappa shape index (κ2) is 8.18. The van der Waals surface area contributed by atoms with Gasteiger partial charge in [-0.1, -0.05) is 30.3 Å². The summed E-state index contributed by atoms with van der Waals surface area (Å²) in [6.45, 7) is 7.87. The number of rotatable bonds is 6. The molecule has 2 aromatic carbocycles. The lowest BCUT2D eigenvalue weighted by molar-refractivity contribution is 0.229. The Morgan fingerprint density at radius 2 is 1.62 bits per heavy atom. The fourth-order valence-electron chi connectivity index (χ4n) is 3.02. The lowest BCUT2D eigenvalue weighted by atomic mass is 10.2. The van der Waals surface area contributed by atoms with E-state index in [1.165, 1.54) is 11.3 Å². The number of nitrogens with two attached hydrogens (primary N) is 1. The molecule has 128 valence electrons. The normalized spacial score (nSPS) is 16.8. The number of para-hydroxylation sites is 1. The molecular weight excluding hydrogens is 298 g/mol. The third kappa shape index (κ3) is 4.49. The van der Waals surface area contributed by atoms with Crippen molar-refractivity contribution in [2.24, 2.45) is 5.73 Å². The molecule has 2 aromatic rings. The first-order valence-electron chi connectivity index (χ1n) is 8.72. The van der Waals surface area contributed by atoms with Gasteiger partial charge in [0.15, 0.2) is 0 Å². The van der Waals surface area contributed by atoms with Crippen LogP contribution in [-0.2, 0) is 6.54 Å².